The molecule has 6 heteroatoms. The minimum absolute atomic E-state index is 0.0195. The van der Waals surface area contributed by atoms with Gasteiger partial charge in [-0.1, -0.05) is 6.08 Å². The van der Waals surface area contributed by atoms with Gasteiger partial charge in [0.2, 0.25) is 0 Å². The second-order valence-corrected chi connectivity index (χ2v) is 6.09. The summed E-state index contributed by atoms with van der Waals surface area (Å²) in [6.07, 6.45) is 5.76. The number of hydrogen-bond donors (Lipinski definition) is 2. The average molecular weight is 284 g/mol. The van der Waals surface area contributed by atoms with E-state index in [0.717, 1.165) is 9.88 Å². The summed E-state index contributed by atoms with van der Waals surface area (Å²) >= 11 is 1.45. The Morgan fingerprint density at radius 1 is 1.58 bits per heavy atom. The second kappa shape index (κ2) is 7.25. The fraction of sp³-hybridized carbons (Fsp3) is 0.538. The van der Waals surface area contributed by atoms with Crippen molar-refractivity contribution < 1.29 is 14.6 Å². The molecule has 0 atom stereocenters. The van der Waals surface area contributed by atoms with Crippen molar-refractivity contribution in [2.75, 3.05) is 6.54 Å². The zero-order valence-corrected chi connectivity index (χ0v) is 12.3. The SMILES string of the molecule is CC(C)(C)OC(=O)NCCC=Cc1ncc(CO)s1. The van der Waals surface area contributed by atoms with Gasteiger partial charge in [0, 0.05) is 12.7 Å². The van der Waals surface area contributed by atoms with Crippen LogP contribution in [0, 0.1) is 0 Å². The smallest absolute Gasteiger partial charge is 0.407 e. The van der Waals surface area contributed by atoms with E-state index in [0.29, 0.717) is 13.0 Å². The predicted octanol–water partition coefficient (Wildman–Crippen LogP) is 2.56. The Morgan fingerprint density at radius 2 is 2.32 bits per heavy atom. The Labute approximate surface area is 117 Å². The standard InChI is InChI=1S/C13H20N2O3S/c1-13(2,3)18-12(17)14-7-5-4-6-11-15-8-10(9-16)19-11/h4,6,8,16H,5,7,9H2,1-3H3,(H,14,17). The van der Waals surface area contributed by atoms with E-state index >= 15 is 0 Å². The molecule has 1 heterocycles. The number of alkyl carbamates (subject to hydrolysis) is 1. The van der Waals surface area contributed by atoms with Crippen LogP contribution < -0.4 is 5.32 Å². The molecule has 2 N–H and O–H groups in total. The number of nitrogens with zero attached hydrogens (tertiary/aromatic N) is 1. The summed E-state index contributed by atoms with van der Waals surface area (Å²) in [5.41, 5.74) is -0.471. The Bertz CT molecular complexity index is 435. The van der Waals surface area contributed by atoms with E-state index < -0.39 is 11.7 Å². The molecule has 0 aliphatic heterocycles. The fourth-order valence-electron chi connectivity index (χ4n) is 1.23. The highest BCUT2D eigenvalue weighted by molar-refractivity contribution is 7.12. The summed E-state index contributed by atoms with van der Waals surface area (Å²) in [4.78, 5) is 16.3. The molecule has 5 nitrogen and oxygen atoms in total. The molecular formula is C13H20N2O3S. The number of thiazole rings is 1. The zero-order chi connectivity index (χ0) is 14.3. The topological polar surface area (TPSA) is 71.5 Å². The molecule has 0 unspecified atom stereocenters. The van der Waals surface area contributed by atoms with Crippen molar-refractivity contribution >= 4 is 23.5 Å². The molecule has 0 aromatic carbocycles. The average Bonchev–Trinajstić information content (AvgIpc) is 2.74. The third-order valence-corrected chi connectivity index (χ3v) is 2.91. The van der Waals surface area contributed by atoms with Crippen LogP contribution in [0.5, 0.6) is 0 Å². The molecule has 1 aromatic rings. The summed E-state index contributed by atoms with van der Waals surface area (Å²) in [6, 6.07) is 0. The lowest BCUT2D eigenvalue weighted by Gasteiger charge is -2.19. The fourth-order valence-corrected chi connectivity index (χ4v) is 1.94. The van der Waals surface area contributed by atoms with Gasteiger partial charge in [-0.25, -0.2) is 9.78 Å². The van der Waals surface area contributed by atoms with Crippen molar-refractivity contribution in [2.45, 2.75) is 39.4 Å². The van der Waals surface area contributed by atoms with E-state index in [2.05, 4.69) is 10.3 Å². The number of amides is 1. The number of ether oxygens (including phenoxy) is 1. The van der Waals surface area contributed by atoms with E-state index in [1.54, 1.807) is 6.20 Å². The van der Waals surface area contributed by atoms with Gasteiger partial charge < -0.3 is 15.2 Å². The minimum Gasteiger partial charge on any atom is -0.444 e. The van der Waals surface area contributed by atoms with Crippen LogP contribution in [0.3, 0.4) is 0 Å². The lowest BCUT2D eigenvalue weighted by atomic mass is 10.2. The van der Waals surface area contributed by atoms with E-state index in [9.17, 15) is 4.79 Å². The zero-order valence-electron chi connectivity index (χ0n) is 11.5. The van der Waals surface area contributed by atoms with Crippen LogP contribution in [0.1, 0.15) is 37.1 Å². The molecule has 19 heavy (non-hydrogen) atoms. The van der Waals surface area contributed by atoms with Gasteiger partial charge in [-0.05, 0) is 33.3 Å². The monoisotopic (exact) mass is 284 g/mol. The lowest BCUT2D eigenvalue weighted by molar-refractivity contribution is 0.0529. The number of aliphatic hydroxyl groups is 1. The van der Waals surface area contributed by atoms with Crippen LogP contribution in [-0.2, 0) is 11.3 Å². The van der Waals surface area contributed by atoms with Crippen molar-refractivity contribution in [3.8, 4) is 0 Å². The first kappa shape index (κ1) is 15.7. The first-order valence-corrected chi connectivity index (χ1v) is 6.91. The molecule has 0 aliphatic carbocycles. The van der Waals surface area contributed by atoms with Gasteiger partial charge in [-0.3, -0.25) is 0 Å². The summed E-state index contributed by atoms with van der Waals surface area (Å²) in [5, 5.41) is 12.4. The van der Waals surface area contributed by atoms with Crippen LogP contribution in [0.15, 0.2) is 12.3 Å². The van der Waals surface area contributed by atoms with Gasteiger partial charge in [0.05, 0.1) is 11.5 Å². The second-order valence-electron chi connectivity index (χ2n) is 4.94. The minimum atomic E-state index is -0.471. The summed E-state index contributed by atoms with van der Waals surface area (Å²) in [6.45, 7) is 6.02. The highest BCUT2D eigenvalue weighted by atomic mass is 32.1. The molecular weight excluding hydrogens is 264 g/mol. The summed E-state index contributed by atoms with van der Waals surface area (Å²) in [7, 11) is 0. The van der Waals surface area contributed by atoms with Crippen molar-refractivity contribution in [2.24, 2.45) is 0 Å². The summed E-state index contributed by atoms with van der Waals surface area (Å²) < 4.78 is 5.11. The van der Waals surface area contributed by atoms with Gasteiger partial charge >= 0.3 is 6.09 Å². The van der Waals surface area contributed by atoms with Crippen LogP contribution >= 0.6 is 11.3 Å². The predicted molar refractivity (Wildman–Crippen MR) is 75.9 cm³/mol. The van der Waals surface area contributed by atoms with Crippen LogP contribution in [0.4, 0.5) is 4.79 Å². The maximum atomic E-state index is 11.3. The molecule has 0 radical (unpaired) electrons. The molecule has 1 rings (SSSR count). The number of carbonyl (C=O) groups is 1. The van der Waals surface area contributed by atoms with Gasteiger partial charge in [0.25, 0.3) is 0 Å². The molecule has 1 aromatic heterocycles. The number of hydrogen-bond acceptors (Lipinski definition) is 5. The van der Waals surface area contributed by atoms with Crippen molar-refractivity contribution in [1.29, 1.82) is 0 Å². The van der Waals surface area contributed by atoms with Crippen molar-refractivity contribution in [3.63, 3.8) is 0 Å². The molecule has 0 fully saturated rings. The maximum Gasteiger partial charge on any atom is 0.407 e. The third-order valence-electron chi connectivity index (χ3n) is 1.97. The molecule has 0 spiro atoms. The highest BCUT2D eigenvalue weighted by Gasteiger charge is 2.15. The Morgan fingerprint density at radius 3 is 2.89 bits per heavy atom. The van der Waals surface area contributed by atoms with E-state index in [1.165, 1.54) is 11.3 Å². The number of aliphatic hydroxyl groups excluding tert-OH is 1. The quantitative estimate of drug-likeness (QED) is 0.815. The van der Waals surface area contributed by atoms with Crippen molar-refractivity contribution in [1.82, 2.24) is 10.3 Å². The normalized spacial score (nSPS) is 11.8. The molecule has 0 bridgehead atoms. The number of carbonyl (C=O) groups excluding carboxylic acids is 1. The highest BCUT2D eigenvalue weighted by Crippen LogP contribution is 2.14. The van der Waals surface area contributed by atoms with Gasteiger partial charge in [-0.15, -0.1) is 11.3 Å². The first-order valence-electron chi connectivity index (χ1n) is 6.09. The molecule has 1 amide bonds. The van der Waals surface area contributed by atoms with Crippen LogP contribution in [0.2, 0.25) is 0 Å². The largest absolute Gasteiger partial charge is 0.444 e. The van der Waals surface area contributed by atoms with Crippen LogP contribution in [0.25, 0.3) is 6.08 Å². The van der Waals surface area contributed by atoms with E-state index in [-0.39, 0.29) is 6.61 Å². The Kier molecular flexibility index (Phi) is 5.98. The number of rotatable bonds is 5. The number of aromatic nitrogens is 1. The number of nitrogens with one attached hydrogen (secondary N) is 1. The van der Waals surface area contributed by atoms with Crippen molar-refractivity contribution in [3.05, 3.63) is 22.2 Å². The van der Waals surface area contributed by atoms with Gasteiger partial charge in [-0.2, -0.15) is 0 Å². The third kappa shape index (κ3) is 6.93. The Balaban J connectivity index is 2.22. The van der Waals surface area contributed by atoms with E-state index in [4.69, 9.17) is 9.84 Å². The molecule has 0 saturated heterocycles. The Hall–Kier alpha value is -1.40. The lowest BCUT2D eigenvalue weighted by Crippen LogP contribution is -2.32. The van der Waals surface area contributed by atoms with E-state index in [1.807, 2.05) is 32.9 Å². The van der Waals surface area contributed by atoms with Gasteiger partial charge in [0.1, 0.15) is 10.6 Å². The molecule has 106 valence electrons. The van der Waals surface area contributed by atoms with Gasteiger partial charge in [0.15, 0.2) is 0 Å². The molecule has 0 aliphatic rings. The first-order chi connectivity index (χ1) is 8.90. The van der Waals surface area contributed by atoms with Crippen LogP contribution in [-0.4, -0.2) is 28.3 Å². The maximum absolute atomic E-state index is 11.3. The molecule has 0 saturated carbocycles. The summed E-state index contributed by atoms with van der Waals surface area (Å²) in [5.74, 6) is 0.